The van der Waals surface area contributed by atoms with Crippen molar-refractivity contribution in [2.75, 3.05) is 18.0 Å². The molecule has 2 aromatic rings. The summed E-state index contributed by atoms with van der Waals surface area (Å²) in [6.45, 7) is 5.96. The van der Waals surface area contributed by atoms with Crippen LogP contribution in [0, 0.1) is 0 Å². The number of aromatic amines is 1. The molecule has 0 amide bonds. The van der Waals surface area contributed by atoms with Crippen molar-refractivity contribution in [2.24, 2.45) is 0 Å². The van der Waals surface area contributed by atoms with Gasteiger partial charge < -0.3 is 9.32 Å². The van der Waals surface area contributed by atoms with E-state index in [4.69, 9.17) is 4.42 Å². The van der Waals surface area contributed by atoms with Crippen LogP contribution < -0.4 is 4.90 Å². The Morgan fingerprint density at radius 1 is 1.09 bits per heavy atom. The molecule has 1 N–H and O–H groups in total. The zero-order valence-electron chi connectivity index (χ0n) is 13.1. The van der Waals surface area contributed by atoms with Gasteiger partial charge in [-0.05, 0) is 25.7 Å². The van der Waals surface area contributed by atoms with Crippen molar-refractivity contribution in [2.45, 2.75) is 57.3 Å². The molecule has 1 saturated heterocycles. The fourth-order valence-corrected chi connectivity index (χ4v) is 2.93. The minimum Gasteiger partial charge on any atom is -0.408 e. The maximum Gasteiger partial charge on any atom is 0.318 e. The molecule has 0 atom stereocenters. The van der Waals surface area contributed by atoms with Crippen LogP contribution in [-0.4, -0.2) is 38.5 Å². The first kappa shape index (κ1) is 13.7. The molecule has 4 rings (SSSR count). The maximum atomic E-state index is 5.74. The SMILES string of the molecule is CC(C)c1nnc(N2CCC(c3nc(C4CC4)n[nH]3)CC2)o1. The molecule has 7 heteroatoms. The second-order valence-corrected chi connectivity index (χ2v) is 6.69. The largest absolute Gasteiger partial charge is 0.408 e. The van der Waals surface area contributed by atoms with Crippen LogP contribution in [0.15, 0.2) is 4.42 Å². The molecule has 2 aromatic heterocycles. The Balaban J connectivity index is 1.38. The summed E-state index contributed by atoms with van der Waals surface area (Å²) in [7, 11) is 0. The first-order chi connectivity index (χ1) is 10.7. The molecule has 22 heavy (non-hydrogen) atoms. The molecule has 7 nitrogen and oxygen atoms in total. The molecule has 1 saturated carbocycles. The molecule has 0 radical (unpaired) electrons. The van der Waals surface area contributed by atoms with Gasteiger partial charge in [0.2, 0.25) is 5.89 Å². The molecule has 0 unspecified atom stereocenters. The van der Waals surface area contributed by atoms with E-state index in [0.29, 0.717) is 23.7 Å². The average Bonchev–Trinajstić information content (AvgIpc) is 3.06. The monoisotopic (exact) mass is 302 g/mol. The summed E-state index contributed by atoms with van der Waals surface area (Å²) >= 11 is 0. The van der Waals surface area contributed by atoms with E-state index >= 15 is 0 Å². The number of nitrogens with one attached hydrogen (secondary N) is 1. The molecule has 0 spiro atoms. The normalized spacial score (nSPS) is 20.0. The van der Waals surface area contributed by atoms with Crippen LogP contribution in [0.5, 0.6) is 0 Å². The van der Waals surface area contributed by atoms with Crippen molar-refractivity contribution in [3.63, 3.8) is 0 Å². The van der Waals surface area contributed by atoms with Crippen LogP contribution >= 0.6 is 0 Å². The molecule has 3 heterocycles. The van der Waals surface area contributed by atoms with Crippen molar-refractivity contribution >= 4 is 6.01 Å². The van der Waals surface area contributed by atoms with E-state index < -0.39 is 0 Å². The number of rotatable bonds is 4. The summed E-state index contributed by atoms with van der Waals surface area (Å²) in [4.78, 5) is 6.86. The highest BCUT2D eigenvalue weighted by atomic mass is 16.4. The van der Waals surface area contributed by atoms with Gasteiger partial charge in [-0.25, -0.2) is 4.98 Å². The minimum absolute atomic E-state index is 0.272. The van der Waals surface area contributed by atoms with E-state index in [1.807, 2.05) is 0 Å². The molecule has 2 aliphatic rings. The van der Waals surface area contributed by atoms with Gasteiger partial charge in [-0.3, -0.25) is 5.10 Å². The van der Waals surface area contributed by atoms with Crippen LogP contribution in [0.2, 0.25) is 0 Å². The summed E-state index contributed by atoms with van der Waals surface area (Å²) in [6.07, 6.45) is 4.56. The fraction of sp³-hybridized carbons (Fsp3) is 0.733. The predicted octanol–water partition coefficient (Wildman–Crippen LogP) is 2.57. The Labute approximate surface area is 129 Å². The lowest BCUT2D eigenvalue weighted by Crippen LogP contribution is -2.33. The number of hydrogen-bond donors (Lipinski definition) is 1. The quantitative estimate of drug-likeness (QED) is 0.934. The Hall–Kier alpha value is -1.92. The van der Waals surface area contributed by atoms with Gasteiger partial charge in [-0.15, -0.1) is 5.10 Å². The van der Waals surface area contributed by atoms with Crippen LogP contribution in [0.4, 0.5) is 6.01 Å². The summed E-state index contributed by atoms with van der Waals surface area (Å²) in [5.74, 6) is 4.11. The number of piperidine rings is 1. The third kappa shape index (κ3) is 2.60. The van der Waals surface area contributed by atoms with Crippen LogP contribution in [0.1, 0.15) is 74.8 Å². The van der Waals surface area contributed by atoms with Gasteiger partial charge in [-0.1, -0.05) is 18.9 Å². The molecular formula is C15H22N6O. The third-order valence-electron chi connectivity index (χ3n) is 4.54. The lowest BCUT2D eigenvalue weighted by Gasteiger charge is -2.29. The van der Waals surface area contributed by atoms with E-state index in [2.05, 4.69) is 44.1 Å². The Morgan fingerprint density at radius 2 is 1.86 bits per heavy atom. The second-order valence-electron chi connectivity index (χ2n) is 6.69. The van der Waals surface area contributed by atoms with E-state index in [1.165, 1.54) is 12.8 Å². The lowest BCUT2D eigenvalue weighted by molar-refractivity contribution is 0.425. The van der Waals surface area contributed by atoms with Gasteiger partial charge in [-0.2, -0.15) is 5.10 Å². The van der Waals surface area contributed by atoms with Gasteiger partial charge >= 0.3 is 6.01 Å². The number of aromatic nitrogens is 5. The molecule has 118 valence electrons. The predicted molar refractivity (Wildman–Crippen MR) is 80.9 cm³/mol. The number of nitrogens with zero attached hydrogens (tertiary/aromatic N) is 5. The standard InChI is InChI=1S/C15H22N6O/c1-9(2)14-19-20-15(22-14)21-7-5-11(6-8-21)13-16-12(17-18-13)10-3-4-10/h9-11H,3-8H2,1-2H3,(H,16,17,18). The summed E-state index contributed by atoms with van der Waals surface area (Å²) < 4.78 is 5.74. The Kier molecular flexibility index (Phi) is 3.35. The molecule has 1 aliphatic heterocycles. The van der Waals surface area contributed by atoms with Crippen molar-refractivity contribution in [1.82, 2.24) is 25.4 Å². The van der Waals surface area contributed by atoms with Gasteiger partial charge in [0.25, 0.3) is 0 Å². The van der Waals surface area contributed by atoms with Gasteiger partial charge in [0.15, 0.2) is 5.82 Å². The average molecular weight is 302 g/mol. The molecule has 1 aliphatic carbocycles. The summed E-state index contributed by atoms with van der Waals surface area (Å²) in [5.41, 5.74) is 0. The molecular weight excluding hydrogens is 280 g/mol. The highest BCUT2D eigenvalue weighted by Crippen LogP contribution is 2.38. The fourth-order valence-electron chi connectivity index (χ4n) is 2.93. The first-order valence-electron chi connectivity index (χ1n) is 8.21. The van der Waals surface area contributed by atoms with Crippen LogP contribution in [0.25, 0.3) is 0 Å². The van der Waals surface area contributed by atoms with E-state index in [9.17, 15) is 0 Å². The Morgan fingerprint density at radius 3 is 2.50 bits per heavy atom. The zero-order valence-corrected chi connectivity index (χ0v) is 13.1. The van der Waals surface area contributed by atoms with Crippen LogP contribution in [-0.2, 0) is 0 Å². The summed E-state index contributed by atoms with van der Waals surface area (Å²) in [5, 5.41) is 15.8. The van der Waals surface area contributed by atoms with Crippen LogP contribution in [0.3, 0.4) is 0 Å². The van der Waals surface area contributed by atoms with Gasteiger partial charge in [0.05, 0.1) is 0 Å². The van der Waals surface area contributed by atoms with Crippen molar-refractivity contribution in [3.05, 3.63) is 17.5 Å². The van der Waals surface area contributed by atoms with E-state index in [0.717, 1.165) is 37.6 Å². The maximum absolute atomic E-state index is 5.74. The third-order valence-corrected chi connectivity index (χ3v) is 4.54. The number of H-pyrrole nitrogens is 1. The first-order valence-corrected chi connectivity index (χ1v) is 8.21. The van der Waals surface area contributed by atoms with Crippen molar-refractivity contribution in [1.29, 1.82) is 0 Å². The zero-order chi connectivity index (χ0) is 15.1. The highest BCUT2D eigenvalue weighted by molar-refractivity contribution is 5.26. The van der Waals surface area contributed by atoms with Crippen molar-refractivity contribution < 1.29 is 4.42 Å². The lowest BCUT2D eigenvalue weighted by atomic mass is 9.96. The van der Waals surface area contributed by atoms with Crippen molar-refractivity contribution in [3.8, 4) is 0 Å². The highest BCUT2D eigenvalue weighted by Gasteiger charge is 2.30. The summed E-state index contributed by atoms with van der Waals surface area (Å²) in [6, 6.07) is 0.651. The topological polar surface area (TPSA) is 83.7 Å². The minimum atomic E-state index is 0.272. The molecule has 0 aromatic carbocycles. The van der Waals surface area contributed by atoms with E-state index in [-0.39, 0.29) is 5.92 Å². The number of anilines is 1. The van der Waals surface area contributed by atoms with Gasteiger partial charge in [0.1, 0.15) is 5.82 Å². The van der Waals surface area contributed by atoms with E-state index in [1.54, 1.807) is 0 Å². The molecule has 0 bridgehead atoms. The Bertz CT molecular complexity index is 588. The van der Waals surface area contributed by atoms with Gasteiger partial charge in [0, 0.05) is 30.8 Å². The number of hydrogen-bond acceptors (Lipinski definition) is 6. The molecule has 2 fully saturated rings. The smallest absolute Gasteiger partial charge is 0.318 e. The second kappa shape index (κ2) is 5.37.